The van der Waals surface area contributed by atoms with Crippen LogP contribution in [0.15, 0.2) is 0 Å². The number of rotatable bonds is 7. The van der Waals surface area contributed by atoms with Crippen LogP contribution >= 0.6 is 0 Å². The first-order chi connectivity index (χ1) is 22.7. The third-order valence-corrected chi connectivity index (χ3v) is 15.5. The second-order valence-electron chi connectivity index (χ2n) is 18.6. The summed E-state index contributed by atoms with van der Waals surface area (Å²) in [5.41, 5.74) is -1.76. The van der Waals surface area contributed by atoms with Gasteiger partial charge in [0, 0.05) is 24.8 Å². The minimum Gasteiger partial charge on any atom is -0.480 e. The Balaban J connectivity index is 1.12. The Morgan fingerprint density at radius 2 is 1.82 bits per heavy atom. The van der Waals surface area contributed by atoms with Gasteiger partial charge in [0.25, 0.3) is 0 Å². The van der Waals surface area contributed by atoms with Crippen molar-refractivity contribution in [3.8, 4) is 0 Å². The highest BCUT2D eigenvalue weighted by Crippen LogP contribution is 2.90. The highest BCUT2D eigenvalue weighted by atomic mass is 16.7. The van der Waals surface area contributed by atoms with Crippen molar-refractivity contribution in [3.63, 3.8) is 0 Å². The Hall–Kier alpha value is -1.30. The summed E-state index contributed by atoms with van der Waals surface area (Å²) in [6.45, 7) is 19.5. The van der Waals surface area contributed by atoms with E-state index in [0.717, 1.165) is 38.5 Å². The number of carboxylic acid groups (broad SMARTS) is 1. The summed E-state index contributed by atoms with van der Waals surface area (Å²) in [5.74, 6) is 0.944. The van der Waals surface area contributed by atoms with Crippen molar-refractivity contribution in [2.75, 3.05) is 19.7 Å². The fourth-order valence-electron chi connectivity index (χ4n) is 13.0. The molecular weight excluding hydrogens is 626 g/mol. The van der Waals surface area contributed by atoms with Crippen LogP contribution in [0.3, 0.4) is 0 Å². The molecule has 10 heteroatoms. The number of carbonyl (C=O) groups is 2. The van der Waals surface area contributed by atoms with Gasteiger partial charge >= 0.3 is 11.9 Å². The lowest BCUT2D eigenvalue weighted by Gasteiger charge is -2.63. The summed E-state index contributed by atoms with van der Waals surface area (Å²) < 4.78 is 25.1. The first kappa shape index (κ1) is 36.1. The predicted octanol–water partition coefficient (Wildman–Crippen LogP) is 5.30. The van der Waals surface area contributed by atoms with E-state index < -0.39 is 47.5 Å². The van der Waals surface area contributed by atoms with E-state index in [1.54, 1.807) is 26.7 Å². The smallest absolute Gasteiger partial charge is 0.320 e. The minimum absolute atomic E-state index is 0.0245. The molecule has 5 aliphatic carbocycles. The molecule has 7 aliphatic rings. The first-order valence-electron chi connectivity index (χ1n) is 18.8. The molecule has 7 rings (SSSR count). The summed E-state index contributed by atoms with van der Waals surface area (Å²) in [5, 5.41) is 33.1. The van der Waals surface area contributed by atoms with Gasteiger partial charge in [0.15, 0.2) is 12.4 Å². The van der Waals surface area contributed by atoms with Crippen LogP contribution in [0.2, 0.25) is 0 Å². The lowest BCUT2D eigenvalue weighted by atomic mass is 9.41. The Morgan fingerprint density at radius 3 is 2.47 bits per heavy atom. The third kappa shape index (κ3) is 4.99. The summed E-state index contributed by atoms with van der Waals surface area (Å²) in [7, 11) is 0. The summed E-state index contributed by atoms with van der Waals surface area (Å²) in [4.78, 5) is 25.7. The van der Waals surface area contributed by atoms with Crippen molar-refractivity contribution < 1.29 is 43.9 Å². The van der Waals surface area contributed by atoms with E-state index in [-0.39, 0.29) is 39.6 Å². The van der Waals surface area contributed by atoms with E-state index in [4.69, 9.17) is 18.9 Å². The molecule has 0 aromatic heterocycles. The van der Waals surface area contributed by atoms with Gasteiger partial charge < -0.3 is 34.3 Å². The van der Waals surface area contributed by atoms with Gasteiger partial charge in [0.05, 0.1) is 31.0 Å². The van der Waals surface area contributed by atoms with Crippen LogP contribution in [0.1, 0.15) is 114 Å². The van der Waals surface area contributed by atoms with Crippen LogP contribution in [-0.2, 0) is 28.5 Å². The predicted molar refractivity (Wildman–Crippen MR) is 180 cm³/mol. The Morgan fingerprint density at radius 1 is 1.10 bits per heavy atom. The number of morpholine rings is 1. The summed E-state index contributed by atoms with van der Waals surface area (Å²) >= 11 is 0. The molecule has 0 aromatic carbocycles. The van der Waals surface area contributed by atoms with Gasteiger partial charge in [-0.2, -0.15) is 0 Å². The van der Waals surface area contributed by atoms with E-state index in [1.807, 2.05) is 4.90 Å². The molecule has 49 heavy (non-hydrogen) atoms. The van der Waals surface area contributed by atoms with Gasteiger partial charge in [-0.25, -0.2) is 0 Å². The number of aliphatic hydroxyl groups excluding tert-OH is 1. The van der Waals surface area contributed by atoms with Crippen LogP contribution in [0.25, 0.3) is 0 Å². The standard InChI is InChI=1S/C39H60NO9/c1-21-18-24(32(35(6,7)45)47-23(3)41)48-30-29(21)36(8)14-15-39-20-38(39)13-12-27(49-28-19-40(16-17-46-28)22(2)33(43)44)34(4,5)25(38)10-11-26(39)37(36,9)31(30)42/h21-22,25,27-29,31-32,42,45H,10-20H2,1-9H3,(H,43,44)/t21-,22-,25+,27?,28+,29+,31+,32+,36-,37-,38-,39+/m1/s1. The number of nitrogens with zero attached hydrogens (tertiary/aromatic N) is 1. The largest absolute Gasteiger partial charge is 0.480 e. The van der Waals surface area contributed by atoms with Gasteiger partial charge in [-0.15, -0.1) is 0 Å². The number of carbonyl (C=O) groups excluding carboxylic acids is 1. The molecule has 7 fully saturated rings. The number of carboxylic acids is 1. The average molecular weight is 687 g/mol. The normalized spacial score (nSPS) is 46.8. The molecule has 10 nitrogen and oxygen atoms in total. The molecule has 2 aliphatic heterocycles. The molecule has 5 saturated carbocycles. The van der Waals surface area contributed by atoms with Gasteiger partial charge in [-0.1, -0.05) is 34.6 Å². The molecular formula is C39H60NO9. The quantitative estimate of drug-likeness (QED) is 0.303. The number of hydrogen-bond donors (Lipinski definition) is 3. The van der Waals surface area contributed by atoms with Gasteiger partial charge in [-0.3, -0.25) is 14.5 Å². The second-order valence-corrected chi connectivity index (χ2v) is 18.6. The topological polar surface area (TPSA) is 135 Å². The van der Waals surface area contributed by atoms with Crippen LogP contribution in [0, 0.1) is 63.0 Å². The number of aliphatic hydroxyl groups is 2. The van der Waals surface area contributed by atoms with E-state index in [1.165, 1.54) is 13.3 Å². The molecule has 2 saturated heterocycles. The maximum absolute atomic E-state index is 12.5. The molecule has 3 radical (unpaired) electrons. The molecule has 0 aromatic rings. The highest BCUT2D eigenvalue weighted by Gasteiger charge is 2.85. The van der Waals surface area contributed by atoms with E-state index in [2.05, 4.69) is 34.6 Å². The molecule has 0 amide bonds. The third-order valence-electron chi connectivity index (χ3n) is 15.5. The number of aliphatic carboxylic acids is 1. The zero-order chi connectivity index (χ0) is 35.7. The molecule has 12 atom stereocenters. The van der Waals surface area contributed by atoms with Crippen LogP contribution in [0.4, 0.5) is 0 Å². The van der Waals surface area contributed by atoms with E-state index in [0.29, 0.717) is 44.2 Å². The van der Waals surface area contributed by atoms with Crippen molar-refractivity contribution in [3.05, 3.63) is 18.1 Å². The fourth-order valence-corrected chi connectivity index (χ4v) is 13.0. The molecule has 2 heterocycles. The zero-order valence-corrected chi connectivity index (χ0v) is 31.1. The van der Waals surface area contributed by atoms with Crippen molar-refractivity contribution >= 4 is 11.9 Å². The second kappa shape index (κ2) is 11.6. The maximum Gasteiger partial charge on any atom is 0.320 e. The molecule has 2 spiro atoms. The Bertz CT molecular complexity index is 1330. The van der Waals surface area contributed by atoms with Gasteiger partial charge in [-0.05, 0) is 112 Å². The van der Waals surface area contributed by atoms with Gasteiger partial charge in [0.2, 0.25) is 0 Å². The van der Waals surface area contributed by atoms with Gasteiger partial charge in [0.1, 0.15) is 18.2 Å². The summed E-state index contributed by atoms with van der Waals surface area (Å²) in [6, 6.07) is -0.572. The first-order valence-corrected chi connectivity index (χ1v) is 18.8. The molecule has 1 unspecified atom stereocenters. The molecule has 3 N–H and O–H groups in total. The lowest BCUT2D eigenvalue weighted by Crippen LogP contribution is -2.59. The van der Waals surface area contributed by atoms with Crippen molar-refractivity contribution in [2.24, 2.45) is 44.8 Å². The maximum atomic E-state index is 12.5. The van der Waals surface area contributed by atoms with E-state index >= 15 is 0 Å². The van der Waals surface area contributed by atoms with E-state index in [9.17, 15) is 24.9 Å². The summed E-state index contributed by atoms with van der Waals surface area (Å²) in [6.07, 6.45) is 7.03. The number of hydrogen-bond acceptors (Lipinski definition) is 9. The van der Waals surface area contributed by atoms with Crippen molar-refractivity contribution in [1.82, 2.24) is 4.90 Å². The SMILES string of the molecule is CC(=O)O[C@@H]([C]1C[C@@H](C)[C@H]2[C](O1)[C@H](O)[C@@]1(C)[C]3CC[C@H]4C(C)(C)C(O[C@H]5CN([C@H](C)C(=O)O)CCO5)CC[C@@]45C[C@@]35CC[C@]21C)C(C)(C)O. The van der Waals surface area contributed by atoms with Crippen LogP contribution < -0.4 is 0 Å². The average Bonchev–Trinajstić information content (AvgIpc) is 3.65. The van der Waals surface area contributed by atoms with Crippen molar-refractivity contribution in [2.45, 2.75) is 150 Å². The van der Waals surface area contributed by atoms with Crippen molar-refractivity contribution in [1.29, 1.82) is 0 Å². The zero-order valence-electron chi connectivity index (χ0n) is 31.1. The highest BCUT2D eigenvalue weighted by molar-refractivity contribution is 5.72. The molecule has 0 bridgehead atoms. The minimum atomic E-state index is -1.33. The van der Waals surface area contributed by atoms with Crippen LogP contribution in [-0.4, -0.2) is 88.1 Å². The fraction of sp³-hybridized carbons (Fsp3) is 0.872. The Labute approximate surface area is 292 Å². The number of esters is 1. The van der Waals surface area contributed by atoms with Crippen LogP contribution in [0.5, 0.6) is 0 Å². The number of ether oxygens (including phenoxy) is 4. The Kier molecular flexibility index (Phi) is 8.54. The molecule has 275 valence electrons. The lowest BCUT2D eigenvalue weighted by molar-refractivity contribution is -0.245. The monoisotopic (exact) mass is 686 g/mol. The number of fused-ring (bicyclic) bond motifs is 4.